The molecule has 0 aliphatic heterocycles. The summed E-state index contributed by atoms with van der Waals surface area (Å²) >= 11 is 0. The minimum absolute atomic E-state index is 0.0106. The third-order valence-corrected chi connectivity index (χ3v) is 7.14. The highest BCUT2D eigenvalue weighted by atomic mass is 33.1. The maximum Gasteiger partial charge on any atom is 0.306 e. The van der Waals surface area contributed by atoms with Gasteiger partial charge in [0.05, 0.1) is 19.1 Å². The minimum atomic E-state index is -0.768. The number of rotatable bonds is 19. The van der Waals surface area contributed by atoms with Gasteiger partial charge in [0, 0.05) is 37.8 Å². The van der Waals surface area contributed by atoms with Crippen LogP contribution in [-0.2, 0) is 28.6 Å². The van der Waals surface area contributed by atoms with Crippen LogP contribution in [0.2, 0.25) is 0 Å². The zero-order valence-electron chi connectivity index (χ0n) is 19.9. The summed E-state index contributed by atoms with van der Waals surface area (Å²) in [5, 5.41) is 14.7. The molecule has 2 unspecified atom stereocenters. The van der Waals surface area contributed by atoms with E-state index in [4.69, 9.17) is 19.3 Å². The van der Waals surface area contributed by atoms with Crippen molar-refractivity contribution in [3.63, 3.8) is 0 Å². The molecule has 0 fully saturated rings. The fourth-order valence-corrected chi connectivity index (χ4v) is 4.74. The molecule has 0 heterocycles. The number of aliphatic hydroxyl groups excluding tert-OH is 1. The van der Waals surface area contributed by atoms with E-state index in [0.29, 0.717) is 32.4 Å². The number of carbonyl (C=O) groups excluding carboxylic acids is 3. The zero-order chi connectivity index (χ0) is 24.4. The van der Waals surface area contributed by atoms with E-state index in [9.17, 15) is 14.4 Å². The molecule has 0 bridgehead atoms. The van der Waals surface area contributed by atoms with Gasteiger partial charge in [-0.05, 0) is 39.4 Å². The molecule has 0 saturated heterocycles. The van der Waals surface area contributed by atoms with Gasteiger partial charge in [-0.15, -0.1) is 0 Å². The number of carbonyl (C=O) groups is 3. The lowest BCUT2D eigenvalue weighted by molar-refractivity contribution is -0.194. The second-order valence-corrected chi connectivity index (χ2v) is 10.9. The maximum atomic E-state index is 11.9. The van der Waals surface area contributed by atoms with Crippen molar-refractivity contribution in [2.75, 3.05) is 39.7 Å². The molecule has 11 heteroatoms. The molecule has 0 aromatic carbocycles. The quantitative estimate of drug-likeness (QED) is 0.107. The predicted molar refractivity (Wildman–Crippen MR) is 128 cm³/mol. The van der Waals surface area contributed by atoms with Gasteiger partial charge in [-0.1, -0.05) is 28.5 Å². The van der Waals surface area contributed by atoms with Gasteiger partial charge in [-0.3, -0.25) is 14.4 Å². The van der Waals surface area contributed by atoms with Crippen molar-refractivity contribution < 1.29 is 33.7 Å². The van der Waals surface area contributed by atoms with Crippen molar-refractivity contribution in [3.05, 3.63) is 0 Å². The van der Waals surface area contributed by atoms with Crippen molar-refractivity contribution in [2.24, 2.45) is 0 Å². The van der Waals surface area contributed by atoms with Gasteiger partial charge >= 0.3 is 5.97 Å². The van der Waals surface area contributed by atoms with Crippen LogP contribution < -0.4 is 10.6 Å². The Morgan fingerprint density at radius 1 is 1.06 bits per heavy atom. The van der Waals surface area contributed by atoms with E-state index in [-0.39, 0.29) is 48.7 Å². The molecule has 2 amide bonds. The monoisotopic (exact) mass is 496 g/mol. The first-order valence-corrected chi connectivity index (χ1v) is 13.4. The summed E-state index contributed by atoms with van der Waals surface area (Å²) in [6.07, 6.45) is 3.32. The minimum Gasteiger partial charge on any atom is -0.460 e. The Bertz CT molecular complexity index is 546. The maximum absolute atomic E-state index is 11.9. The molecular formula is C21H40N2O7S2. The number of methoxy groups -OCH3 is 1. The second kappa shape index (κ2) is 18.4. The predicted octanol–water partition coefficient (Wildman–Crippen LogP) is 2.26. The molecule has 0 rings (SSSR count). The lowest BCUT2D eigenvalue weighted by Crippen LogP contribution is -2.31. The summed E-state index contributed by atoms with van der Waals surface area (Å²) < 4.78 is 15.6. The van der Waals surface area contributed by atoms with Crippen LogP contribution >= 0.6 is 21.6 Å². The van der Waals surface area contributed by atoms with E-state index in [1.807, 2.05) is 13.2 Å². The molecule has 0 aromatic rings. The molecule has 188 valence electrons. The summed E-state index contributed by atoms with van der Waals surface area (Å²) in [5.41, 5.74) is 0. The van der Waals surface area contributed by atoms with Crippen LogP contribution in [0.1, 0.15) is 59.3 Å². The molecule has 0 radical (unpaired) electrons. The van der Waals surface area contributed by atoms with Gasteiger partial charge in [-0.25, -0.2) is 0 Å². The summed E-state index contributed by atoms with van der Waals surface area (Å²) in [4.78, 5) is 35.5. The van der Waals surface area contributed by atoms with E-state index in [2.05, 4.69) is 24.5 Å². The number of amides is 2. The van der Waals surface area contributed by atoms with E-state index < -0.39 is 12.3 Å². The van der Waals surface area contributed by atoms with Crippen LogP contribution in [0.15, 0.2) is 0 Å². The third-order valence-electron chi connectivity index (χ3n) is 4.46. The Kier molecular flexibility index (Phi) is 17.8. The lowest BCUT2D eigenvalue weighted by Gasteiger charge is -2.21. The molecule has 0 spiro atoms. The van der Waals surface area contributed by atoms with Crippen LogP contribution in [0.5, 0.6) is 0 Å². The molecule has 0 saturated carbocycles. The Morgan fingerprint density at radius 2 is 1.69 bits per heavy atom. The van der Waals surface area contributed by atoms with E-state index in [1.54, 1.807) is 21.6 Å². The SMILES string of the molecule is CCC(CO)OC(COC(=O)CCC(=O)NCCCNC(=O)CCC(C)(C)SSC)OC. The number of aliphatic hydroxyl groups is 1. The van der Waals surface area contributed by atoms with E-state index in [1.165, 1.54) is 7.11 Å². The Balaban J connectivity index is 3.86. The molecule has 32 heavy (non-hydrogen) atoms. The summed E-state index contributed by atoms with van der Waals surface area (Å²) in [7, 11) is 4.88. The van der Waals surface area contributed by atoms with E-state index in [0.717, 1.165) is 6.42 Å². The number of ether oxygens (including phenoxy) is 3. The number of nitrogens with one attached hydrogen (secondary N) is 2. The fourth-order valence-electron chi connectivity index (χ4n) is 2.50. The Hall–Kier alpha value is -1.01. The van der Waals surface area contributed by atoms with Crippen LogP contribution in [0.4, 0.5) is 0 Å². The summed E-state index contributed by atoms with van der Waals surface area (Å²) in [6.45, 7) is 6.75. The molecule has 2 atom stereocenters. The molecule has 0 aliphatic carbocycles. The number of hydrogen-bond donors (Lipinski definition) is 3. The van der Waals surface area contributed by atoms with Crippen LogP contribution in [0, 0.1) is 0 Å². The van der Waals surface area contributed by atoms with Crippen LogP contribution in [0.25, 0.3) is 0 Å². The van der Waals surface area contributed by atoms with Crippen LogP contribution in [0.3, 0.4) is 0 Å². The van der Waals surface area contributed by atoms with Gasteiger partial charge in [0.25, 0.3) is 0 Å². The van der Waals surface area contributed by atoms with E-state index >= 15 is 0 Å². The Morgan fingerprint density at radius 3 is 2.22 bits per heavy atom. The van der Waals surface area contributed by atoms with Crippen LogP contribution in [-0.4, -0.2) is 79.7 Å². The van der Waals surface area contributed by atoms with Crippen molar-refractivity contribution >= 4 is 39.4 Å². The first-order valence-electron chi connectivity index (χ1n) is 10.9. The summed E-state index contributed by atoms with van der Waals surface area (Å²) in [6, 6.07) is 0. The highest BCUT2D eigenvalue weighted by molar-refractivity contribution is 8.76. The number of hydrogen-bond acceptors (Lipinski definition) is 9. The average Bonchev–Trinajstić information content (AvgIpc) is 2.76. The standard InChI is InChI=1S/C21H40N2O7S2/c1-6-16(14-24)30-20(28-4)15-29-19(27)9-8-17(25)22-12-7-13-23-18(26)10-11-21(2,3)32-31-5/h16,20,24H,6-15H2,1-5H3,(H,22,25)(H,23,26). The third kappa shape index (κ3) is 16.6. The number of esters is 1. The molecule has 9 nitrogen and oxygen atoms in total. The van der Waals surface area contributed by atoms with Crippen molar-refractivity contribution in [3.8, 4) is 0 Å². The lowest BCUT2D eigenvalue weighted by atomic mass is 10.1. The topological polar surface area (TPSA) is 123 Å². The zero-order valence-corrected chi connectivity index (χ0v) is 21.6. The molecule has 3 N–H and O–H groups in total. The van der Waals surface area contributed by atoms with Crippen molar-refractivity contribution in [1.29, 1.82) is 0 Å². The van der Waals surface area contributed by atoms with Gasteiger partial charge in [0.15, 0.2) is 6.29 Å². The van der Waals surface area contributed by atoms with Gasteiger partial charge in [0.2, 0.25) is 11.8 Å². The first-order chi connectivity index (χ1) is 15.2. The second-order valence-electron chi connectivity index (χ2n) is 7.76. The molecule has 0 aromatic heterocycles. The molecular weight excluding hydrogens is 456 g/mol. The largest absolute Gasteiger partial charge is 0.460 e. The van der Waals surface area contributed by atoms with Crippen molar-refractivity contribution in [1.82, 2.24) is 10.6 Å². The van der Waals surface area contributed by atoms with Gasteiger partial charge < -0.3 is 30.0 Å². The average molecular weight is 497 g/mol. The smallest absolute Gasteiger partial charge is 0.306 e. The summed E-state index contributed by atoms with van der Waals surface area (Å²) in [5.74, 6) is -0.774. The first kappa shape index (κ1) is 31.0. The fraction of sp³-hybridized carbons (Fsp3) is 0.857. The van der Waals surface area contributed by atoms with Crippen molar-refractivity contribution in [2.45, 2.75) is 76.4 Å². The van der Waals surface area contributed by atoms with Gasteiger partial charge in [0.1, 0.15) is 6.61 Å². The molecule has 0 aliphatic rings. The highest BCUT2D eigenvalue weighted by Crippen LogP contribution is 2.36. The highest BCUT2D eigenvalue weighted by Gasteiger charge is 2.19. The van der Waals surface area contributed by atoms with Gasteiger partial charge in [-0.2, -0.15) is 0 Å². The normalized spacial score (nSPS) is 13.3. The Labute approximate surface area is 199 Å².